The fraction of sp³-hybridized carbons (Fsp3) is 1.00. The molecule has 2 rings (SSSR count). The average Bonchev–Trinajstić information content (AvgIpc) is 2.34. The van der Waals surface area contributed by atoms with Crippen LogP contribution in [0.25, 0.3) is 0 Å². The zero-order valence-electron chi connectivity index (χ0n) is 12.3. The summed E-state index contributed by atoms with van der Waals surface area (Å²) in [6.07, 6.45) is 6.51. The summed E-state index contributed by atoms with van der Waals surface area (Å²) >= 11 is 0. The first kappa shape index (κ1) is 14.3. The van der Waals surface area contributed by atoms with Crippen LogP contribution in [0.4, 0.5) is 0 Å². The lowest BCUT2D eigenvalue weighted by molar-refractivity contribution is -0.146. The van der Waals surface area contributed by atoms with E-state index in [0.717, 1.165) is 32.2 Å². The van der Waals surface area contributed by atoms with Gasteiger partial charge in [0.15, 0.2) is 0 Å². The molecule has 4 atom stereocenters. The molecule has 0 amide bonds. The smallest absolute Gasteiger partial charge is 0.0742 e. The summed E-state index contributed by atoms with van der Waals surface area (Å²) in [5.41, 5.74) is 5.56. The Balaban J connectivity index is 2.20. The summed E-state index contributed by atoms with van der Waals surface area (Å²) in [6, 6.07) is 0.462. The van der Waals surface area contributed by atoms with Crippen LogP contribution < -0.4 is 5.73 Å². The van der Waals surface area contributed by atoms with Gasteiger partial charge < -0.3 is 15.7 Å². The maximum absolute atomic E-state index is 11.2. The van der Waals surface area contributed by atoms with Gasteiger partial charge >= 0.3 is 0 Å². The van der Waals surface area contributed by atoms with Crippen LogP contribution in [0.2, 0.25) is 0 Å². The van der Waals surface area contributed by atoms with Gasteiger partial charge in [0, 0.05) is 24.5 Å². The minimum absolute atomic E-state index is 0.0276. The van der Waals surface area contributed by atoms with Crippen LogP contribution in [0.3, 0.4) is 0 Å². The van der Waals surface area contributed by atoms with E-state index < -0.39 is 5.60 Å². The number of nitrogens with zero attached hydrogens (tertiary/aromatic N) is 1. The third-order valence-corrected chi connectivity index (χ3v) is 5.73. The number of aliphatic hydroxyl groups is 1. The van der Waals surface area contributed by atoms with Gasteiger partial charge in [0.25, 0.3) is 0 Å². The summed E-state index contributed by atoms with van der Waals surface area (Å²) in [4.78, 5) is 2.35. The topological polar surface area (TPSA) is 49.5 Å². The number of hydrogen-bond acceptors (Lipinski definition) is 3. The molecule has 0 spiro atoms. The predicted octanol–water partition coefficient (Wildman–Crippen LogP) is 1.99. The molecule has 106 valence electrons. The lowest BCUT2D eigenvalue weighted by Crippen LogP contribution is -2.60. The van der Waals surface area contributed by atoms with Crippen molar-refractivity contribution in [2.24, 2.45) is 17.1 Å². The van der Waals surface area contributed by atoms with E-state index in [9.17, 15) is 5.11 Å². The Kier molecular flexibility index (Phi) is 4.05. The zero-order chi connectivity index (χ0) is 13.4. The monoisotopic (exact) mass is 254 g/mol. The number of hydrogen-bond donors (Lipinski definition) is 2. The standard InChI is InChI=1S/C15H30N2O/c1-12-5-4-6-14(9-12,11-16)15(18)7-8-17(3)13(2)10-15/h12-13,18H,4-11,16H2,1-3H3. The second-order valence-corrected chi connectivity index (χ2v) is 7.00. The van der Waals surface area contributed by atoms with Crippen LogP contribution in [-0.4, -0.2) is 41.8 Å². The second-order valence-electron chi connectivity index (χ2n) is 7.00. The Morgan fingerprint density at radius 3 is 2.56 bits per heavy atom. The first-order chi connectivity index (χ1) is 8.42. The molecule has 3 nitrogen and oxygen atoms in total. The summed E-state index contributed by atoms with van der Waals surface area (Å²) in [5, 5.41) is 11.2. The van der Waals surface area contributed by atoms with E-state index in [1.807, 2.05) is 0 Å². The van der Waals surface area contributed by atoms with E-state index >= 15 is 0 Å². The van der Waals surface area contributed by atoms with E-state index in [0.29, 0.717) is 18.5 Å². The number of nitrogens with two attached hydrogens (primary N) is 1. The van der Waals surface area contributed by atoms with Gasteiger partial charge in [-0.05, 0) is 45.6 Å². The maximum Gasteiger partial charge on any atom is 0.0742 e. The van der Waals surface area contributed by atoms with Crippen LogP contribution in [-0.2, 0) is 0 Å². The van der Waals surface area contributed by atoms with E-state index in [1.165, 1.54) is 12.8 Å². The molecule has 2 fully saturated rings. The van der Waals surface area contributed by atoms with Gasteiger partial charge in [0.05, 0.1) is 5.60 Å². The molecule has 2 aliphatic rings. The lowest BCUT2D eigenvalue weighted by Gasteiger charge is -2.55. The van der Waals surface area contributed by atoms with Crippen molar-refractivity contribution in [3.8, 4) is 0 Å². The normalized spacial score (nSPS) is 47.2. The molecule has 1 aliphatic heterocycles. The highest BCUT2D eigenvalue weighted by molar-refractivity contribution is 5.05. The molecule has 0 aromatic heterocycles. The molecule has 1 saturated carbocycles. The Hall–Kier alpha value is -0.120. The van der Waals surface area contributed by atoms with Crippen LogP contribution in [0.5, 0.6) is 0 Å². The number of likely N-dealkylation sites (tertiary alicyclic amines) is 1. The van der Waals surface area contributed by atoms with Gasteiger partial charge in [-0.15, -0.1) is 0 Å². The largest absolute Gasteiger partial charge is 0.389 e. The van der Waals surface area contributed by atoms with Gasteiger partial charge in [0.2, 0.25) is 0 Å². The summed E-state index contributed by atoms with van der Waals surface area (Å²) in [5.74, 6) is 0.710. The summed E-state index contributed by atoms with van der Waals surface area (Å²) < 4.78 is 0. The van der Waals surface area contributed by atoms with Crippen LogP contribution in [0, 0.1) is 11.3 Å². The van der Waals surface area contributed by atoms with E-state index in [2.05, 4.69) is 25.8 Å². The number of piperidine rings is 1. The highest BCUT2D eigenvalue weighted by Crippen LogP contribution is 2.51. The Morgan fingerprint density at radius 2 is 2.00 bits per heavy atom. The van der Waals surface area contributed by atoms with Crippen molar-refractivity contribution < 1.29 is 5.11 Å². The van der Waals surface area contributed by atoms with Gasteiger partial charge in [0.1, 0.15) is 0 Å². The fourth-order valence-electron chi connectivity index (χ4n) is 4.27. The third-order valence-electron chi connectivity index (χ3n) is 5.73. The van der Waals surface area contributed by atoms with Gasteiger partial charge in [-0.1, -0.05) is 19.8 Å². The Labute approximate surface area is 112 Å². The fourth-order valence-corrected chi connectivity index (χ4v) is 4.27. The van der Waals surface area contributed by atoms with Gasteiger partial charge in [-0.2, -0.15) is 0 Å². The summed E-state index contributed by atoms with van der Waals surface area (Å²) in [6.45, 7) is 6.17. The van der Waals surface area contributed by atoms with Crippen molar-refractivity contribution in [1.82, 2.24) is 4.90 Å². The van der Waals surface area contributed by atoms with Crippen molar-refractivity contribution in [3.05, 3.63) is 0 Å². The van der Waals surface area contributed by atoms with Crippen LogP contribution in [0.15, 0.2) is 0 Å². The second kappa shape index (κ2) is 5.10. The van der Waals surface area contributed by atoms with Crippen molar-refractivity contribution in [3.63, 3.8) is 0 Å². The molecule has 1 heterocycles. The maximum atomic E-state index is 11.2. The molecular formula is C15H30N2O. The van der Waals surface area contributed by atoms with Crippen molar-refractivity contribution in [1.29, 1.82) is 0 Å². The first-order valence-electron chi connectivity index (χ1n) is 7.55. The highest BCUT2D eigenvalue weighted by Gasteiger charge is 2.52. The molecule has 3 N–H and O–H groups in total. The molecule has 18 heavy (non-hydrogen) atoms. The molecule has 3 heteroatoms. The van der Waals surface area contributed by atoms with Gasteiger partial charge in [-0.3, -0.25) is 0 Å². The molecule has 1 aliphatic carbocycles. The highest BCUT2D eigenvalue weighted by atomic mass is 16.3. The van der Waals surface area contributed by atoms with Crippen molar-refractivity contribution in [2.75, 3.05) is 20.1 Å². The minimum atomic E-state index is -0.539. The minimum Gasteiger partial charge on any atom is -0.389 e. The zero-order valence-corrected chi connectivity index (χ0v) is 12.3. The van der Waals surface area contributed by atoms with E-state index in [1.54, 1.807) is 0 Å². The quantitative estimate of drug-likeness (QED) is 0.792. The van der Waals surface area contributed by atoms with Crippen molar-refractivity contribution >= 4 is 0 Å². The van der Waals surface area contributed by atoms with E-state index in [-0.39, 0.29) is 5.41 Å². The Morgan fingerprint density at radius 1 is 1.28 bits per heavy atom. The molecular weight excluding hydrogens is 224 g/mol. The lowest BCUT2D eigenvalue weighted by atomic mass is 9.57. The summed E-state index contributed by atoms with van der Waals surface area (Å²) in [7, 11) is 2.16. The third kappa shape index (κ3) is 2.33. The van der Waals surface area contributed by atoms with Gasteiger partial charge in [-0.25, -0.2) is 0 Å². The number of rotatable bonds is 2. The first-order valence-corrected chi connectivity index (χ1v) is 7.55. The molecule has 1 saturated heterocycles. The Bertz CT molecular complexity index is 296. The molecule has 4 unspecified atom stereocenters. The van der Waals surface area contributed by atoms with Crippen LogP contribution >= 0.6 is 0 Å². The average molecular weight is 254 g/mol. The SMILES string of the molecule is CC1CCCC(CN)(C2(O)CCN(C)C(C)C2)C1. The molecule has 0 aromatic rings. The predicted molar refractivity (Wildman–Crippen MR) is 75.4 cm³/mol. The van der Waals surface area contributed by atoms with Crippen LogP contribution in [0.1, 0.15) is 52.4 Å². The van der Waals surface area contributed by atoms with Crippen molar-refractivity contribution in [2.45, 2.75) is 64.0 Å². The molecule has 0 bridgehead atoms. The molecule has 0 radical (unpaired) electrons. The molecule has 0 aromatic carbocycles. The van der Waals surface area contributed by atoms with E-state index in [4.69, 9.17) is 5.73 Å².